The third-order valence-corrected chi connectivity index (χ3v) is 9.92. The zero-order valence-electron chi connectivity index (χ0n) is 22.1. The highest BCUT2D eigenvalue weighted by atomic mass is 35.5. The van der Waals surface area contributed by atoms with Gasteiger partial charge in [-0.1, -0.05) is 99.2 Å². The van der Waals surface area contributed by atoms with E-state index in [9.17, 15) is 18.0 Å². The van der Waals surface area contributed by atoms with Gasteiger partial charge in [0.05, 0.1) is 26.1 Å². The van der Waals surface area contributed by atoms with Gasteiger partial charge in [-0.25, -0.2) is 8.42 Å². The number of hydrogen-bond donors (Lipinski definition) is 2. The second kappa shape index (κ2) is 12.0. The number of nitrogens with zero attached hydrogens (tertiary/aromatic N) is 1. The average Bonchev–Trinajstić information content (AvgIpc) is 3.22. The zero-order chi connectivity index (χ0) is 29.4. The summed E-state index contributed by atoms with van der Waals surface area (Å²) in [6.45, 7) is 9.34. The molecule has 0 bridgehead atoms. The molecule has 3 atom stereocenters. The first-order chi connectivity index (χ1) is 18.0. The molecule has 1 heterocycles. The number of nitrogens with two attached hydrogens (primary N) is 1. The van der Waals surface area contributed by atoms with E-state index in [1.54, 1.807) is 18.2 Å². The van der Waals surface area contributed by atoms with Crippen molar-refractivity contribution < 1.29 is 18.0 Å². The highest BCUT2D eigenvalue weighted by molar-refractivity contribution is 7.89. The first-order valence-electron chi connectivity index (χ1n) is 12.2. The molecule has 0 fully saturated rings. The number of halogens is 4. The maximum atomic E-state index is 14.4. The van der Waals surface area contributed by atoms with E-state index in [1.165, 1.54) is 28.6 Å². The highest BCUT2D eigenvalue weighted by Gasteiger charge is 2.50. The van der Waals surface area contributed by atoms with Gasteiger partial charge in [-0.15, -0.1) is 0 Å². The maximum Gasteiger partial charge on any atom is 0.249 e. The fraction of sp³-hybridized carbons (Fsp3) is 0.407. The van der Waals surface area contributed by atoms with Gasteiger partial charge >= 0.3 is 0 Å². The van der Waals surface area contributed by atoms with Crippen LogP contribution in [-0.4, -0.2) is 36.6 Å². The van der Waals surface area contributed by atoms with E-state index in [0.717, 1.165) is 0 Å². The Kier molecular flexibility index (Phi) is 9.73. The van der Waals surface area contributed by atoms with Crippen LogP contribution in [0.4, 0.5) is 0 Å². The van der Waals surface area contributed by atoms with E-state index >= 15 is 0 Å². The molecule has 0 saturated heterocycles. The molecule has 7 nitrogen and oxygen atoms in total. The highest BCUT2D eigenvalue weighted by Crippen LogP contribution is 2.48. The molecule has 0 aromatic heterocycles. The summed E-state index contributed by atoms with van der Waals surface area (Å²) in [5, 5.41) is 3.02. The third-order valence-electron chi connectivity index (χ3n) is 6.38. The Morgan fingerprint density at radius 2 is 1.59 bits per heavy atom. The van der Waals surface area contributed by atoms with Gasteiger partial charge < -0.3 is 11.1 Å². The van der Waals surface area contributed by atoms with Crippen LogP contribution in [0.2, 0.25) is 20.1 Å². The lowest BCUT2D eigenvalue weighted by atomic mass is 9.87. The van der Waals surface area contributed by atoms with Crippen molar-refractivity contribution >= 4 is 68.2 Å². The van der Waals surface area contributed by atoms with Crippen LogP contribution in [0, 0.1) is 11.3 Å². The molecular formula is C27H31Cl4N3O4S. The summed E-state index contributed by atoms with van der Waals surface area (Å²) in [6.07, 6.45) is 1.91. The van der Waals surface area contributed by atoms with Crippen molar-refractivity contribution in [3.05, 3.63) is 73.7 Å². The van der Waals surface area contributed by atoms with Gasteiger partial charge in [0.1, 0.15) is 10.9 Å². The van der Waals surface area contributed by atoms with E-state index in [1.807, 2.05) is 34.6 Å². The van der Waals surface area contributed by atoms with Gasteiger partial charge in [0.15, 0.2) is 0 Å². The lowest BCUT2D eigenvalue weighted by Gasteiger charge is -2.37. The monoisotopic (exact) mass is 633 g/mol. The standard InChI is InChI=1S/C27H31Cl4N3O4S/c1-14(2)11-21(25(32)35)33-26(36)16-13-22(27(3,4)5)34(23(16)15-9-10-17(28)20(31)12-15)39(37,38)24-18(29)7-6-8-19(24)30/h6-10,12-14,21-23H,11H2,1-5H3,(H2,32,35)(H,33,36)/t21-,22-,23-/m0/s1. The second-order valence-electron chi connectivity index (χ2n) is 11.0. The molecule has 0 radical (unpaired) electrons. The molecule has 2 aromatic rings. The molecule has 0 unspecified atom stereocenters. The van der Waals surface area contributed by atoms with Crippen LogP contribution in [0.1, 0.15) is 52.6 Å². The summed E-state index contributed by atoms with van der Waals surface area (Å²) in [4.78, 5) is 25.6. The second-order valence-corrected chi connectivity index (χ2v) is 14.4. The van der Waals surface area contributed by atoms with Gasteiger partial charge in [0, 0.05) is 11.6 Å². The van der Waals surface area contributed by atoms with Crippen LogP contribution in [0.5, 0.6) is 0 Å². The number of carbonyl (C=O) groups excluding carboxylic acids is 2. The van der Waals surface area contributed by atoms with Gasteiger partial charge in [0.2, 0.25) is 21.8 Å². The topological polar surface area (TPSA) is 110 Å². The van der Waals surface area contributed by atoms with Crippen LogP contribution >= 0.6 is 46.4 Å². The summed E-state index contributed by atoms with van der Waals surface area (Å²) >= 11 is 25.2. The first-order valence-corrected chi connectivity index (χ1v) is 15.2. The number of primary amides is 1. The van der Waals surface area contributed by atoms with Crippen LogP contribution < -0.4 is 11.1 Å². The number of hydrogen-bond acceptors (Lipinski definition) is 4. The molecule has 2 amide bonds. The minimum atomic E-state index is -4.41. The molecule has 1 aliphatic heterocycles. The van der Waals surface area contributed by atoms with Gasteiger partial charge in [-0.2, -0.15) is 4.31 Å². The van der Waals surface area contributed by atoms with Gasteiger partial charge in [0.25, 0.3) is 0 Å². The van der Waals surface area contributed by atoms with E-state index in [0.29, 0.717) is 12.0 Å². The summed E-state index contributed by atoms with van der Waals surface area (Å²) in [5.41, 5.74) is 5.39. The Hall–Kier alpha value is -1.81. The van der Waals surface area contributed by atoms with Gasteiger partial charge in [-0.3, -0.25) is 9.59 Å². The fourth-order valence-corrected chi connectivity index (χ4v) is 7.87. The third kappa shape index (κ3) is 6.75. The van der Waals surface area contributed by atoms with Crippen LogP contribution in [0.3, 0.4) is 0 Å². The van der Waals surface area contributed by atoms with Crippen LogP contribution in [-0.2, 0) is 19.6 Å². The minimum Gasteiger partial charge on any atom is -0.368 e. The summed E-state index contributed by atoms with van der Waals surface area (Å²) < 4.78 is 30.0. The smallest absolute Gasteiger partial charge is 0.249 e. The zero-order valence-corrected chi connectivity index (χ0v) is 26.0. The Labute approximate surface area is 249 Å². The minimum absolute atomic E-state index is 0.0628. The molecule has 0 saturated carbocycles. The summed E-state index contributed by atoms with van der Waals surface area (Å²) in [6, 6.07) is 6.13. The van der Waals surface area contributed by atoms with E-state index < -0.39 is 45.4 Å². The number of rotatable bonds is 8. The van der Waals surface area contributed by atoms with Crippen molar-refractivity contribution in [2.45, 2.75) is 64.1 Å². The maximum absolute atomic E-state index is 14.4. The molecule has 1 aliphatic rings. The van der Waals surface area contributed by atoms with Crippen molar-refractivity contribution in [2.24, 2.45) is 17.1 Å². The van der Waals surface area contributed by atoms with Crippen LogP contribution in [0.15, 0.2) is 52.9 Å². The normalized spacial score (nSPS) is 19.2. The number of nitrogens with one attached hydrogen (secondary N) is 1. The van der Waals surface area contributed by atoms with E-state index in [-0.39, 0.29) is 36.5 Å². The Morgan fingerprint density at radius 3 is 2.08 bits per heavy atom. The van der Waals surface area contributed by atoms with Crippen LogP contribution in [0.25, 0.3) is 0 Å². The molecule has 3 N–H and O–H groups in total. The fourth-order valence-electron chi connectivity index (χ4n) is 4.55. The molecular weight excluding hydrogens is 604 g/mol. The summed E-state index contributed by atoms with van der Waals surface area (Å²) in [5.74, 6) is -1.26. The average molecular weight is 635 g/mol. The predicted octanol–water partition coefficient (Wildman–Crippen LogP) is 6.40. The molecule has 0 spiro atoms. The van der Waals surface area contributed by atoms with Crippen molar-refractivity contribution in [1.29, 1.82) is 0 Å². The number of carbonyl (C=O) groups is 2. The molecule has 212 valence electrons. The van der Waals surface area contributed by atoms with E-state index in [2.05, 4.69) is 5.32 Å². The lowest BCUT2D eigenvalue weighted by Crippen LogP contribution is -2.47. The Morgan fingerprint density at radius 1 is 1.00 bits per heavy atom. The summed E-state index contributed by atoms with van der Waals surface area (Å²) in [7, 11) is -4.41. The Balaban J connectivity index is 2.27. The van der Waals surface area contributed by atoms with Crippen molar-refractivity contribution in [1.82, 2.24) is 9.62 Å². The predicted molar refractivity (Wildman–Crippen MR) is 157 cm³/mol. The van der Waals surface area contributed by atoms with E-state index in [4.69, 9.17) is 52.1 Å². The first kappa shape index (κ1) is 31.7. The molecule has 12 heteroatoms. The molecule has 3 rings (SSSR count). The largest absolute Gasteiger partial charge is 0.368 e. The van der Waals surface area contributed by atoms with Crippen molar-refractivity contribution in [3.63, 3.8) is 0 Å². The molecule has 39 heavy (non-hydrogen) atoms. The molecule has 2 aromatic carbocycles. The van der Waals surface area contributed by atoms with Crippen molar-refractivity contribution in [3.8, 4) is 0 Å². The van der Waals surface area contributed by atoms with Crippen molar-refractivity contribution in [2.75, 3.05) is 0 Å². The molecule has 0 aliphatic carbocycles. The Bertz CT molecular complexity index is 1400. The number of amides is 2. The number of sulfonamides is 1. The number of benzene rings is 2. The van der Waals surface area contributed by atoms with Gasteiger partial charge in [-0.05, 0) is 47.6 Å². The SMILES string of the molecule is CC(C)C[C@H](NC(=O)C1=C[C@@H](C(C)(C)C)N(S(=O)(=O)c2c(Cl)cccc2Cl)[C@H]1c1ccc(Cl)c(Cl)c1)C(N)=O. The quantitative estimate of drug-likeness (QED) is 0.350. The lowest BCUT2D eigenvalue weighted by molar-refractivity contribution is -0.126.